The molecule has 2 saturated carbocycles. The maximum atomic E-state index is 13.1. The molecule has 1 amide bonds. The molecule has 2 aliphatic carbocycles. The molecule has 0 aromatic rings. The van der Waals surface area contributed by atoms with Crippen LogP contribution in [0.2, 0.25) is 0 Å². The molecule has 120 valence electrons. The second kappa shape index (κ2) is 5.26. The Morgan fingerprint density at radius 1 is 1.10 bits per heavy atom. The highest BCUT2D eigenvalue weighted by molar-refractivity contribution is 5.80. The van der Waals surface area contributed by atoms with Gasteiger partial charge in [0.25, 0.3) is 0 Å². The van der Waals surface area contributed by atoms with Crippen molar-refractivity contribution in [1.82, 2.24) is 4.90 Å². The van der Waals surface area contributed by atoms with Gasteiger partial charge < -0.3 is 10.6 Å². The molecule has 3 nitrogen and oxygen atoms in total. The van der Waals surface area contributed by atoms with Crippen LogP contribution in [-0.4, -0.2) is 29.4 Å². The smallest absolute Gasteiger partial charge is 0.227 e. The molecule has 0 radical (unpaired) electrons. The monoisotopic (exact) mass is 292 g/mol. The normalized spacial score (nSPS) is 42.7. The molecule has 0 aromatic heterocycles. The lowest BCUT2D eigenvalue weighted by molar-refractivity contribution is -0.137. The van der Waals surface area contributed by atoms with Crippen molar-refractivity contribution in [3.63, 3.8) is 0 Å². The zero-order valence-corrected chi connectivity index (χ0v) is 14.0. The Hall–Kier alpha value is -0.570. The third kappa shape index (κ3) is 2.99. The average molecular weight is 292 g/mol. The highest BCUT2D eigenvalue weighted by atomic mass is 16.2. The van der Waals surface area contributed by atoms with Crippen molar-refractivity contribution in [1.29, 1.82) is 0 Å². The predicted octanol–water partition coefficient (Wildman–Crippen LogP) is 3.32. The van der Waals surface area contributed by atoms with Gasteiger partial charge in [-0.25, -0.2) is 0 Å². The number of amides is 1. The molecule has 1 heterocycles. The van der Waals surface area contributed by atoms with Crippen LogP contribution in [0.3, 0.4) is 0 Å². The lowest BCUT2D eigenvalue weighted by atomic mass is 9.65. The third-order valence-corrected chi connectivity index (χ3v) is 6.08. The van der Waals surface area contributed by atoms with Crippen LogP contribution in [0.1, 0.15) is 72.1 Å². The van der Waals surface area contributed by atoms with Crippen LogP contribution in [0.25, 0.3) is 0 Å². The number of rotatable bonds is 1. The van der Waals surface area contributed by atoms with Gasteiger partial charge >= 0.3 is 0 Å². The van der Waals surface area contributed by atoms with Gasteiger partial charge in [-0.3, -0.25) is 4.79 Å². The predicted molar refractivity (Wildman–Crippen MR) is 85.8 cm³/mol. The molecule has 1 aliphatic heterocycles. The maximum Gasteiger partial charge on any atom is 0.227 e. The number of nitrogens with two attached hydrogens (primary N) is 1. The Bertz CT molecular complexity index is 419. The lowest BCUT2D eigenvalue weighted by Crippen LogP contribution is -2.46. The molecule has 3 fully saturated rings. The molecule has 2 N–H and O–H groups in total. The highest BCUT2D eigenvalue weighted by Crippen LogP contribution is 2.52. The summed E-state index contributed by atoms with van der Waals surface area (Å²) in [5, 5.41) is 0. The summed E-state index contributed by atoms with van der Waals surface area (Å²) < 4.78 is 0. The van der Waals surface area contributed by atoms with Crippen LogP contribution >= 0.6 is 0 Å². The van der Waals surface area contributed by atoms with E-state index in [2.05, 4.69) is 25.7 Å². The Balaban J connectivity index is 1.76. The van der Waals surface area contributed by atoms with Gasteiger partial charge in [-0.1, -0.05) is 40.0 Å². The Kier molecular flexibility index (Phi) is 3.84. The summed E-state index contributed by atoms with van der Waals surface area (Å²) in [5.41, 5.74) is 7.03. The van der Waals surface area contributed by atoms with Gasteiger partial charge in [0.05, 0.1) is 5.92 Å². The molecular weight excluding hydrogens is 260 g/mol. The fourth-order valence-corrected chi connectivity index (χ4v) is 5.57. The number of nitrogens with zero attached hydrogens (tertiary/aromatic N) is 1. The van der Waals surface area contributed by atoms with Crippen LogP contribution in [0, 0.1) is 16.7 Å². The molecule has 4 unspecified atom stereocenters. The first-order chi connectivity index (χ1) is 9.80. The number of fused-ring (bicyclic) bond motifs is 2. The highest BCUT2D eigenvalue weighted by Gasteiger charge is 2.51. The minimum absolute atomic E-state index is 0.0820. The summed E-state index contributed by atoms with van der Waals surface area (Å²) >= 11 is 0. The largest absolute Gasteiger partial charge is 0.339 e. The van der Waals surface area contributed by atoms with Crippen LogP contribution < -0.4 is 5.73 Å². The Morgan fingerprint density at radius 2 is 1.81 bits per heavy atom. The second-order valence-corrected chi connectivity index (χ2v) is 9.09. The molecule has 4 atom stereocenters. The van der Waals surface area contributed by atoms with Crippen LogP contribution in [-0.2, 0) is 4.79 Å². The van der Waals surface area contributed by atoms with Crippen molar-refractivity contribution in [2.45, 2.75) is 84.2 Å². The van der Waals surface area contributed by atoms with Crippen LogP contribution in [0.15, 0.2) is 0 Å². The molecule has 0 spiro atoms. The maximum absolute atomic E-state index is 13.1. The van der Waals surface area contributed by atoms with Crippen molar-refractivity contribution >= 4 is 5.91 Å². The fraction of sp³-hybridized carbons (Fsp3) is 0.944. The van der Waals surface area contributed by atoms with Gasteiger partial charge in [-0.15, -0.1) is 0 Å². The van der Waals surface area contributed by atoms with Crippen molar-refractivity contribution < 1.29 is 4.79 Å². The van der Waals surface area contributed by atoms with E-state index in [1.165, 1.54) is 32.1 Å². The molecule has 21 heavy (non-hydrogen) atoms. The van der Waals surface area contributed by atoms with Gasteiger partial charge in [-0.05, 0) is 42.9 Å². The molecule has 3 heteroatoms. The Labute approximate surface area is 129 Å². The van der Waals surface area contributed by atoms with Crippen molar-refractivity contribution in [3.8, 4) is 0 Å². The van der Waals surface area contributed by atoms with Gasteiger partial charge in [0.1, 0.15) is 0 Å². The summed E-state index contributed by atoms with van der Waals surface area (Å²) in [6.07, 6.45) is 9.24. The molecule has 3 rings (SSSR count). The van der Waals surface area contributed by atoms with E-state index in [4.69, 9.17) is 5.73 Å². The number of hydrogen-bond donors (Lipinski definition) is 1. The van der Waals surface area contributed by atoms with E-state index in [-0.39, 0.29) is 12.0 Å². The lowest BCUT2D eigenvalue weighted by Gasteiger charge is -2.39. The van der Waals surface area contributed by atoms with Crippen LogP contribution in [0.5, 0.6) is 0 Å². The number of carbonyl (C=O) groups excluding carboxylic acids is 1. The fourth-order valence-electron chi connectivity index (χ4n) is 5.57. The number of carbonyl (C=O) groups is 1. The van der Waals surface area contributed by atoms with Gasteiger partial charge in [0.15, 0.2) is 0 Å². The van der Waals surface area contributed by atoms with Crippen LogP contribution in [0.4, 0.5) is 0 Å². The standard InChI is InChI=1S/C18H32N2O/c1-17(2)9-13-10-18(3,11-17)12-20(13)16(21)14-7-5-4-6-8-15(14)19/h13-15H,4-12,19H2,1-3H3. The summed E-state index contributed by atoms with van der Waals surface area (Å²) in [4.78, 5) is 15.3. The van der Waals surface area contributed by atoms with Gasteiger partial charge in [0.2, 0.25) is 5.91 Å². The van der Waals surface area contributed by atoms with E-state index < -0.39 is 0 Å². The molecular formula is C18H32N2O. The van der Waals surface area contributed by atoms with Gasteiger partial charge in [0, 0.05) is 18.6 Å². The first-order valence-corrected chi connectivity index (χ1v) is 8.86. The first-order valence-electron chi connectivity index (χ1n) is 8.86. The molecule has 3 aliphatic rings. The summed E-state index contributed by atoms with van der Waals surface area (Å²) in [5.74, 6) is 0.453. The molecule has 2 bridgehead atoms. The van der Waals surface area contributed by atoms with Crippen molar-refractivity contribution in [2.24, 2.45) is 22.5 Å². The minimum atomic E-state index is 0.0820. The average Bonchev–Trinajstić information content (AvgIpc) is 2.51. The Morgan fingerprint density at radius 3 is 2.57 bits per heavy atom. The summed E-state index contributed by atoms with van der Waals surface area (Å²) in [7, 11) is 0. The summed E-state index contributed by atoms with van der Waals surface area (Å²) in [6.45, 7) is 8.07. The zero-order valence-electron chi connectivity index (χ0n) is 14.0. The third-order valence-electron chi connectivity index (χ3n) is 6.08. The van der Waals surface area contributed by atoms with E-state index >= 15 is 0 Å². The SMILES string of the molecule is CC1(C)CC2CC(C)(CN2C(=O)C2CCCCCC2N)C1. The van der Waals surface area contributed by atoms with E-state index in [9.17, 15) is 4.79 Å². The minimum Gasteiger partial charge on any atom is -0.339 e. The molecule has 0 aromatic carbocycles. The van der Waals surface area contributed by atoms with E-state index in [1.54, 1.807) is 0 Å². The van der Waals surface area contributed by atoms with Gasteiger partial charge in [-0.2, -0.15) is 0 Å². The number of likely N-dealkylation sites (tertiary alicyclic amines) is 1. The van der Waals surface area contributed by atoms with Crippen molar-refractivity contribution in [2.75, 3.05) is 6.54 Å². The van der Waals surface area contributed by atoms with E-state index in [0.29, 0.717) is 22.8 Å². The summed E-state index contributed by atoms with van der Waals surface area (Å²) in [6, 6.07) is 0.544. The molecule has 1 saturated heterocycles. The zero-order chi connectivity index (χ0) is 15.3. The quantitative estimate of drug-likeness (QED) is 0.754. The second-order valence-electron chi connectivity index (χ2n) is 9.09. The number of hydrogen-bond acceptors (Lipinski definition) is 2. The van der Waals surface area contributed by atoms with E-state index in [0.717, 1.165) is 25.8 Å². The van der Waals surface area contributed by atoms with E-state index in [1.807, 2.05) is 0 Å². The first kappa shape index (κ1) is 15.3. The van der Waals surface area contributed by atoms with Crippen molar-refractivity contribution in [3.05, 3.63) is 0 Å². The topological polar surface area (TPSA) is 46.3 Å².